The molecule has 5 N–H and O–H groups in total. The van der Waals surface area contributed by atoms with E-state index in [9.17, 15) is 17.7 Å². The Bertz CT molecular complexity index is 1420. The highest BCUT2D eigenvalue weighted by Gasteiger charge is 2.33. The molecule has 1 unspecified atom stereocenters. The second kappa shape index (κ2) is 10.8. The first-order valence-corrected chi connectivity index (χ1v) is 14.5. The van der Waals surface area contributed by atoms with Crippen LogP contribution in [0, 0.1) is 13.8 Å². The van der Waals surface area contributed by atoms with Crippen molar-refractivity contribution in [2.45, 2.75) is 39.5 Å². The van der Waals surface area contributed by atoms with Gasteiger partial charge in [-0.15, -0.1) is 0 Å². The number of halogens is 3. The summed E-state index contributed by atoms with van der Waals surface area (Å²) in [6, 6.07) is 7.30. The number of fused-ring (bicyclic) bond motifs is 1. The summed E-state index contributed by atoms with van der Waals surface area (Å²) in [5.41, 5.74) is 7.30. The van der Waals surface area contributed by atoms with Crippen LogP contribution < -0.4 is 16.4 Å². The first-order valence-electron chi connectivity index (χ1n) is 10.5. The number of nitrogens with one attached hydrogen (secondary N) is 1. The lowest BCUT2D eigenvalue weighted by Crippen LogP contribution is -2.17. The van der Waals surface area contributed by atoms with Gasteiger partial charge in [-0.05, 0) is 69.0 Å². The molecule has 36 heavy (non-hydrogen) atoms. The van der Waals surface area contributed by atoms with E-state index in [0.29, 0.717) is 33.4 Å². The van der Waals surface area contributed by atoms with Gasteiger partial charge in [0, 0.05) is 17.2 Å². The minimum absolute atomic E-state index is 0.169. The monoisotopic (exact) mass is 548 g/mol. The zero-order valence-electron chi connectivity index (χ0n) is 20.3. The highest BCUT2D eigenvalue weighted by Crippen LogP contribution is 2.39. The molecule has 0 fully saturated rings. The van der Waals surface area contributed by atoms with Crippen molar-refractivity contribution in [1.82, 2.24) is 9.97 Å². The Hall–Kier alpha value is -2.57. The smallest absolute Gasteiger partial charge is 0.363 e. The molecule has 1 aromatic heterocycles. The molecule has 198 valence electrons. The van der Waals surface area contributed by atoms with Gasteiger partial charge in [0.05, 0.1) is 17.1 Å². The first kappa shape index (κ1) is 29.7. The van der Waals surface area contributed by atoms with Crippen LogP contribution in [0.4, 0.5) is 19.0 Å². The number of nitrogens with zero attached hydrogens (tertiary/aromatic N) is 2. The summed E-state index contributed by atoms with van der Waals surface area (Å²) >= 11 is 0. The fraction of sp³-hybridized carbons (Fsp3) is 0.364. The van der Waals surface area contributed by atoms with E-state index < -0.39 is 35.3 Å². The molecule has 3 aromatic rings. The average molecular weight is 549 g/mol. The SMILES string of the molecule is Cc1nc(NC(C)c2cccc(C(F)(F)F)c2C)c2cc(P(C)(C)=O)c(CN)cc2n1.O=S(=O)(O)O. The zero-order chi connectivity index (χ0) is 27.6. The molecule has 0 bridgehead atoms. The van der Waals surface area contributed by atoms with E-state index >= 15 is 0 Å². The molecule has 0 aliphatic carbocycles. The molecule has 2 aromatic carbocycles. The molecular formula is C22H28F3N4O5PS. The van der Waals surface area contributed by atoms with Crippen molar-refractivity contribution >= 4 is 39.6 Å². The predicted octanol–water partition coefficient (Wildman–Crippen LogP) is 4.49. The molecule has 0 spiro atoms. The number of benzene rings is 2. The van der Waals surface area contributed by atoms with Crippen LogP contribution in [-0.4, -0.2) is 40.8 Å². The van der Waals surface area contributed by atoms with Crippen LogP contribution >= 0.6 is 7.14 Å². The van der Waals surface area contributed by atoms with Crippen LogP contribution in [0.1, 0.15) is 41.0 Å². The summed E-state index contributed by atoms with van der Waals surface area (Å²) < 4.78 is 84.4. The summed E-state index contributed by atoms with van der Waals surface area (Å²) in [6.07, 6.45) is -4.42. The normalized spacial score (nSPS) is 13.2. The number of rotatable bonds is 5. The Morgan fingerprint density at radius 3 is 2.22 bits per heavy atom. The minimum atomic E-state index is -4.67. The van der Waals surface area contributed by atoms with Gasteiger partial charge in [-0.25, -0.2) is 9.97 Å². The molecule has 0 radical (unpaired) electrons. The van der Waals surface area contributed by atoms with E-state index in [4.69, 9.17) is 23.3 Å². The largest absolute Gasteiger partial charge is 0.416 e. The van der Waals surface area contributed by atoms with Crippen molar-refractivity contribution in [3.8, 4) is 0 Å². The van der Waals surface area contributed by atoms with Crippen molar-refractivity contribution in [1.29, 1.82) is 0 Å². The maximum absolute atomic E-state index is 13.3. The third-order valence-electron chi connectivity index (χ3n) is 5.31. The van der Waals surface area contributed by atoms with E-state index in [2.05, 4.69) is 15.3 Å². The molecule has 1 atom stereocenters. The number of aryl methyl sites for hydroxylation is 1. The van der Waals surface area contributed by atoms with E-state index in [-0.39, 0.29) is 12.1 Å². The fourth-order valence-corrected chi connectivity index (χ4v) is 5.10. The Balaban J connectivity index is 0.000000830. The molecule has 3 rings (SSSR count). The number of aromatic nitrogens is 2. The van der Waals surface area contributed by atoms with E-state index in [1.165, 1.54) is 13.0 Å². The van der Waals surface area contributed by atoms with Crippen LogP contribution in [0.25, 0.3) is 10.9 Å². The molecular weight excluding hydrogens is 520 g/mol. The van der Waals surface area contributed by atoms with Crippen molar-refractivity contribution < 1.29 is 35.3 Å². The third kappa shape index (κ3) is 7.71. The molecule has 0 aliphatic rings. The molecule has 1 heterocycles. The lowest BCUT2D eigenvalue weighted by molar-refractivity contribution is -0.138. The van der Waals surface area contributed by atoms with Crippen LogP contribution in [-0.2, 0) is 27.7 Å². The lowest BCUT2D eigenvalue weighted by atomic mass is 9.97. The van der Waals surface area contributed by atoms with Crippen molar-refractivity contribution in [2.24, 2.45) is 5.73 Å². The molecule has 0 saturated heterocycles. The maximum atomic E-state index is 13.3. The molecule has 9 nitrogen and oxygen atoms in total. The Morgan fingerprint density at radius 1 is 1.14 bits per heavy atom. The minimum Gasteiger partial charge on any atom is -0.363 e. The lowest BCUT2D eigenvalue weighted by Gasteiger charge is -2.22. The van der Waals surface area contributed by atoms with Gasteiger partial charge in [-0.2, -0.15) is 21.6 Å². The van der Waals surface area contributed by atoms with Crippen molar-refractivity contribution in [3.63, 3.8) is 0 Å². The van der Waals surface area contributed by atoms with Crippen molar-refractivity contribution in [2.75, 3.05) is 18.6 Å². The highest BCUT2D eigenvalue weighted by molar-refractivity contribution is 7.79. The predicted molar refractivity (Wildman–Crippen MR) is 134 cm³/mol. The Kier molecular flexibility index (Phi) is 8.91. The number of alkyl halides is 3. The Labute approximate surface area is 207 Å². The van der Waals surface area contributed by atoms with Crippen molar-refractivity contribution in [3.05, 3.63) is 58.4 Å². The maximum Gasteiger partial charge on any atom is 0.416 e. The zero-order valence-corrected chi connectivity index (χ0v) is 22.0. The van der Waals surface area contributed by atoms with Crippen LogP contribution in [0.15, 0.2) is 30.3 Å². The molecule has 0 amide bonds. The Morgan fingerprint density at radius 2 is 1.72 bits per heavy atom. The van der Waals surface area contributed by atoms with Crippen LogP contribution in [0.3, 0.4) is 0 Å². The first-order chi connectivity index (χ1) is 16.3. The molecule has 0 saturated carbocycles. The van der Waals surface area contributed by atoms with Gasteiger partial charge in [0.15, 0.2) is 0 Å². The summed E-state index contributed by atoms with van der Waals surface area (Å²) in [4.78, 5) is 8.95. The van der Waals surface area contributed by atoms with Gasteiger partial charge in [0.25, 0.3) is 0 Å². The summed E-state index contributed by atoms with van der Waals surface area (Å²) in [5.74, 6) is 0.986. The highest BCUT2D eigenvalue weighted by atomic mass is 32.3. The van der Waals surface area contributed by atoms with Gasteiger partial charge in [0.2, 0.25) is 0 Å². The number of anilines is 1. The summed E-state index contributed by atoms with van der Waals surface area (Å²) in [7, 11) is -7.29. The third-order valence-corrected chi connectivity index (χ3v) is 6.89. The second-order valence-corrected chi connectivity index (χ2v) is 12.6. The van der Waals surface area contributed by atoms with E-state index in [1.807, 2.05) is 6.07 Å². The average Bonchev–Trinajstić information content (AvgIpc) is 2.69. The van der Waals surface area contributed by atoms with Crippen LogP contribution in [0.5, 0.6) is 0 Å². The molecule has 14 heteroatoms. The fourth-order valence-electron chi connectivity index (χ4n) is 3.81. The summed E-state index contributed by atoms with van der Waals surface area (Å²) in [6.45, 7) is 8.56. The van der Waals surface area contributed by atoms with Gasteiger partial charge < -0.3 is 15.6 Å². The van der Waals surface area contributed by atoms with Gasteiger partial charge in [0.1, 0.15) is 18.8 Å². The number of hydrogen-bond donors (Lipinski definition) is 4. The van der Waals surface area contributed by atoms with Gasteiger partial charge >= 0.3 is 16.6 Å². The van der Waals surface area contributed by atoms with Crippen LogP contribution in [0.2, 0.25) is 0 Å². The van der Waals surface area contributed by atoms with E-state index in [1.54, 1.807) is 39.3 Å². The van der Waals surface area contributed by atoms with Gasteiger partial charge in [-0.3, -0.25) is 9.11 Å². The number of nitrogens with two attached hydrogens (primary N) is 1. The molecule has 0 aliphatic heterocycles. The standard InChI is InChI=1S/C22H26F3N4OP.H2O4S/c1-12-16(7-6-8-18(12)22(23,24)25)13(2)27-21-17-10-20(31(4,5)30)15(11-26)9-19(17)28-14(3)29-21;1-5(2,3)4/h6-10,13H,11,26H2,1-5H3,(H,27,28,29);(H2,1,2,3,4). The number of hydrogen-bond acceptors (Lipinski definition) is 7. The van der Waals surface area contributed by atoms with E-state index in [0.717, 1.165) is 11.6 Å². The van der Waals surface area contributed by atoms with Gasteiger partial charge in [-0.1, -0.05) is 12.1 Å². The topological polar surface area (TPSA) is 155 Å². The second-order valence-electron chi connectivity index (χ2n) is 8.50. The summed E-state index contributed by atoms with van der Waals surface area (Å²) in [5, 5.41) is 4.54. The quantitative estimate of drug-likeness (QED) is 0.266.